The predicted molar refractivity (Wildman–Crippen MR) is 71.2 cm³/mol. The van der Waals surface area contributed by atoms with Crippen molar-refractivity contribution in [3.8, 4) is 0 Å². The normalized spacial score (nSPS) is 9.56. The van der Waals surface area contributed by atoms with Gasteiger partial charge in [-0.25, -0.2) is 0 Å². The van der Waals surface area contributed by atoms with E-state index in [1.807, 2.05) is 6.07 Å². The van der Waals surface area contributed by atoms with Crippen molar-refractivity contribution < 1.29 is 9.59 Å². The van der Waals surface area contributed by atoms with Gasteiger partial charge in [-0.15, -0.1) is 6.58 Å². The third-order valence-electron chi connectivity index (χ3n) is 2.34. The summed E-state index contributed by atoms with van der Waals surface area (Å²) < 4.78 is 0. The Hall–Kier alpha value is -2.10. The van der Waals surface area contributed by atoms with Crippen LogP contribution >= 0.6 is 0 Å². The Bertz CT molecular complexity index is 402. The van der Waals surface area contributed by atoms with Gasteiger partial charge in [-0.05, 0) is 18.6 Å². The highest BCUT2D eigenvalue weighted by atomic mass is 16.2. The van der Waals surface area contributed by atoms with Crippen LogP contribution in [0.4, 0.5) is 0 Å². The van der Waals surface area contributed by atoms with Gasteiger partial charge in [0.05, 0.1) is 0 Å². The van der Waals surface area contributed by atoms with E-state index in [0.29, 0.717) is 18.7 Å². The third-order valence-corrected chi connectivity index (χ3v) is 2.34. The van der Waals surface area contributed by atoms with Gasteiger partial charge >= 0.3 is 0 Å². The average molecular weight is 246 g/mol. The van der Waals surface area contributed by atoms with Crippen LogP contribution in [0.1, 0.15) is 23.2 Å². The fourth-order valence-corrected chi connectivity index (χ4v) is 1.38. The number of benzene rings is 1. The summed E-state index contributed by atoms with van der Waals surface area (Å²) in [5, 5.41) is 5.44. The minimum absolute atomic E-state index is 0.0646. The summed E-state index contributed by atoms with van der Waals surface area (Å²) in [6, 6.07) is 8.93. The summed E-state index contributed by atoms with van der Waals surface area (Å²) >= 11 is 0. The fraction of sp³-hybridized carbons (Fsp3) is 0.286. The van der Waals surface area contributed by atoms with Crippen LogP contribution in [0.15, 0.2) is 43.0 Å². The SMILES string of the molecule is C=CCCNC(=O)CCNC(=O)c1ccccc1. The molecular formula is C14H18N2O2. The van der Waals surface area contributed by atoms with Crippen LogP contribution in [0.3, 0.4) is 0 Å². The van der Waals surface area contributed by atoms with Crippen molar-refractivity contribution >= 4 is 11.8 Å². The van der Waals surface area contributed by atoms with Gasteiger partial charge in [-0.3, -0.25) is 9.59 Å². The van der Waals surface area contributed by atoms with E-state index < -0.39 is 0 Å². The van der Waals surface area contributed by atoms with Crippen molar-refractivity contribution in [2.75, 3.05) is 13.1 Å². The molecule has 1 aromatic carbocycles. The van der Waals surface area contributed by atoms with Gasteiger partial charge in [-0.2, -0.15) is 0 Å². The molecule has 0 spiro atoms. The molecule has 0 aromatic heterocycles. The molecular weight excluding hydrogens is 228 g/mol. The summed E-state index contributed by atoms with van der Waals surface area (Å²) in [5.41, 5.74) is 0.601. The lowest BCUT2D eigenvalue weighted by molar-refractivity contribution is -0.120. The first kappa shape index (κ1) is 14.0. The zero-order chi connectivity index (χ0) is 13.2. The zero-order valence-corrected chi connectivity index (χ0v) is 10.3. The monoisotopic (exact) mass is 246 g/mol. The van der Waals surface area contributed by atoms with E-state index in [0.717, 1.165) is 6.42 Å². The van der Waals surface area contributed by atoms with Crippen LogP contribution in [-0.4, -0.2) is 24.9 Å². The van der Waals surface area contributed by atoms with E-state index in [2.05, 4.69) is 17.2 Å². The molecule has 0 aliphatic carbocycles. The highest BCUT2D eigenvalue weighted by molar-refractivity contribution is 5.94. The van der Waals surface area contributed by atoms with Crippen LogP contribution in [0, 0.1) is 0 Å². The molecule has 0 bridgehead atoms. The summed E-state index contributed by atoms with van der Waals surface area (Å²) in [5.74, 6) is -0.222. The number of amides is 2. The number of carbonyl (C=O) groups is 2. The molecule has 2 amide bonds. The largest absolute Gasteiger partial charge is 0.356 e. The Labute approximate surface area is 107 Å². The predicted octanol–water partition coefficient (Wildman–Crippen LogP) is 1.50. The number of hydrogen-bond donors (Lipinski definition) is 2. The molecule has 0 unspecified atom stereocenters. The van der Waals surface area contributed by atoms with Crippen LogP contribution in [0.25, 0.3) is 0 Å². The van der Waals surface area contributed by atoms with E-state index in [9.17, 15) is 9.59 Å². The summed E-state index contributed by atoms with van der Waals surface area (Å²) in [6.07, 6.45) is 2.79. The molecule has 0 saturated carbocycles. The first-order valence-electron chi connectivity index (χ1n) is 5.95. The van der Waals surface area contributed by atoms with Crippen molar-refractivity contribution in [2.24, 2.45) is 0 Å². The summed E-state index contributed by atoms with van der Waals surface area (Å²) in [4.78, 5) is 23.0. The van der Waals surface area contributed by atoms with Crippen LogP contribution in [-0.2, 0) is 4.79 Å². The van der Waals surface area contributed by atoms with Gasteiger partial charge in [0.2, 0.25) is 5.91 Å². The van der Waals surface area contributed by atoms with Gasteiger partial charge in [0.15, 0.2) is 0 Å². The topological polar surface area (TPSA) is 58.2 Å². The maximum absolute atomic E-state index is 11.6. The molecule has 4 heteroatoms. The minimum atomic E-state index is -0.158. The Balaban J connectivity index is 2.20. The molecule has 0 saturated heterocycles. The third kappa shape index (κ3) is 5.30. The van der Waals surface area contributed by atoms with Crippen LogP contribution in [0.5, 0.6) is 0 Å². The van der Waals surface area contributed by atoms with Crippen LogP contribution in [0.2, 0.25) is 0 Å². The summed E-state index contributed by atoms with van der Waals surface area (Å²) in [7, 11) is 0. The lowest BCUT2D eigenvalue weighted by Crippen LogP contribution is -2.31. The maximum atomic E-state index is 11.6. The first-order chi connectivity index (χ1) is 8.74. The van der Waals surface area contributed by atoms with Crippen molar-refractivity contribution in [3.05, 3.63) is 48.6 Å². The lowest BCUT2D eigenvalue weighted by atomic mass is 10.2. The average Bonchev–Trinajstić information content (AvgIpc) is 2.40. The Morgan fingerprint density at radius 1 is 1.11 bits per heavy atom. The molecule has 0 aliphatic rings. The van der Waals surface area contributed by atoms with Gasteiger partial charge in [0, 0.05) is 25.1 Å². The van der Waals surface area contributed by atoms with Crippen molar-refractivity contribution in [1.82, 2.24) is 10.6 Å². The number of rotatable bonds is 7. The molecule has 0 fully saturated rings. The fourth-order valence-electron chi connectivity index (χ4n) is 1.38. The van der Waals surface area contributed by atoms with E-state index in [4.69, 9.17) is 0 Å². The number of hydrogen-bond acceptors (Lipinski definition) is 2. The minimum Gasteiger partial charge on any atom is -0.356 e. The molecule has 0 heterocycles. The molecule has 96 valence electrons. The van der Waals surface area contributed by atoms with E-state index >= 15 is 0 Å². The van der Waals surface area contributed by atoms with Gasteiger partial charge in [0.1, 0.15) is 0 Å². The van der Waals surface area contributed by atoms with Gasteiger partial charge < -0.3 is 10.6 Å². The number of nitrogens with one attached hydrogen (secondary N) is 2. The highest BCUT2D eigenvalue weighted by Crippen LogP contribution is 1.97. The highest BCUT2D eigenvalue weighted by Gasteiger charge is 2.05. The second kappa shape index (κ2) is 8.06. The first-order valence-corrected chi connectivity index (χ1v) is 5.95. The molecule has 18 heavy (non-hydrogen) atoms. The summed E-state index contributed by atoms with van der Waals surface area (Å²) in [6.45, 7) is 4.50. The standard InChI is InChI=1S/C14H18N2O2/c1-2-3-10-15-13(17)9-11-16-14(18)12-7-5-4-6-8-12/h2,4-8H,1,3,9-11H2,(H,15,17)(H,16,18). The molecule has 0 aliphatic heterocycles. The molecule has 0 radical (unpaired) electrons. The smallest absolute Gasteiger partial charge is 0.251 e. The molecule has 1 rings (SSSR count). The van der Waals surface area contributed by atoms with E-state index in [-0.39, 0.29) is 18.2 Å². The zero-order valence-electron chi connectivity index (χ0n) is 10.3. The van der Waals surface area contributed by atoms with Crippen molar-refractivity contribution in [1.29, 1.82) is 0 Å². The Kier molecular flexibility index (Phi) is 6.25. The van der Waals surface area contributed by atoms with Gasteiger partial charge in [-0.1, -0.05) is 24.3 Å². The Morgan fingerprint density at radius 3 is 2.50 bits per heavy atom. The Morgan fingerprint density at radius 2 is 1.83 bits per heavy atom. The number of carbonyl (C=O) groups excluding carboxylic acids is 2. The lowest BCUT2D eigenvalue weighted by Gasteiger charge is -2.05. The molecule has 1 aromatic rings. The van der Waals surface area contributed by atoms with E-state index in [1.165, 1.54) is 0 Å². The quantitative estimate of drug-likeness (QED) is 0.566. The molecule has 2 N–H and O–H groups in total. The van der Waals surface area contributed by atoms with Gasteiger partial charge in [0.25, 0.3) is 5.91 Å². The molecule has 0 atom stereocenters. The van der Waals surface area contributed by atoms with Crippen molar-refractivity contribution in [2.45, 2.75) is 12.8 Å². The van der Waals surface area contributed by atoms with Crippen LogP contribution < -0.4 is 10.6 Å². The maximum Gasteiger partial charge on any atom is 0.251 e. The second-order valence-electron chi connectivity index (χ2n) is 3.80. The second-order valence-corrected chi connectivity index (χ2v) is 3.80. The van der Waals surface area contributed by atoms with Crippen molar-refractivity contribution in [3.63, 3.8) is 0 Å². The molecule has 4 nitrogen and oxygen atoms in total. The van der Waals surface area contributed by atoms with E-state index in [1.54, 1.807) is 30.3 Å².